The van der Waals surface area contributed by atoms with Crippen molar-refractivity contribution in [2.75, 3.05) is 6.54 Å². The molecule has 0 aliphatic heterocycles. The van der Waals surface area contributed by atoms with Gasteiger partial charge >= 0.3 is 0 Å². The molecule has 0 aliphatic rings. The minimum Gasteiger partial charge on any atom is -0.329 e. The van der Waals surface area contributed by atoms with Gasteiger partial charge in [0.2, 0.25) is 0 Å². The molecule has 0 aromatic rings. The van der Waals surface area contributed by atoms with Gasteiger partial charge in [0.1, 0.15) is 5.40 Å². The largest absolute Gasteiger partial charge is 0.329 e. The van der Waals surface area contributed by atoms with Crippen molar-refractivity contribution in [3.8, 4) is 0 Å². The van der Waals surface area contributed by atoms with E-state index in [1.54, 1.807) is 0 Å². The first kappa shape index (κ1) is 7.16. The van der Waals surface area contributed by atoms with Gasteiger partial charge in [-0.05, 0) is 0 Å². The Bertz CT molecular complexity index is 68.1. The van der Waals surface area contributed by atoms with Crippen LogP contribution >= 0.6 is 16.9 Å². The van der Waals surface area contributed by atoms with Gasteiger partial charge in [-0.2, -0.15) is 0 Å². The summed E-state index contributed by atoms with van der Waals surface area (Å²) in [5.41, 5.74) is 4.98. The molecule has 0 amide bonds. The average molecular weight is 137 g/mol. The molecule has 0 unspecified atom stereocenters. The van der Waals surface area contributed by atoms with Crippen LogP contribution in [0.4, 0.5) is 0 Å². The smallest absolute Gasteiger partial charge is 0.172 e. The molecule has 3 nitrogen and oxygen atoms in total. The molecule has 0 heterocycles. The van der Waals surface area contributed by atoms with Crippen LogP contribution in [0.2, 0.25) is 0 Å². The van der Waals surface area contributed by atoms with E-state index in [0.29, 0.717) is 0 Å². The van der Waals surface area contributed by atoms with E-state index in [0.717, 1.165) is 0 Å². The van der Waals surface area contributed by atoms with Gasteiger partial charge in [-0.15, -0.1) is 0 Å². The Kier molecular flexibility index (Phi) is 4.42. The zero-order valence-corrected chi connectivity index (χ0v) is 5.36. The van der Waals surface area contributed by atoms with E-state index in [2.05, 4.69) is 0 Å². The van der Waals surface area contributed by atoms with Crippen LogP contribution in [0.25, 0.3) is 0 Å². The molecule has 7 heavy (non-hydrogen) atoms. The minimum absolute atomic E-state index is 0.140. The van der Waals surface area contributed by atoms with Gasteiger partial charge in [0.25, 0.3) is 0 Å². The zero-order chi connectivity index (χ0) is 5.70. The van der Waals surface area contributed by atoms with Crippen LogP contribution in [0.1, 0.15) is 0 Å². The second-order valence-electron chi connectivity index (χ2n) is 0.927. The summed E-state index contributed by atoms with van der Waals surface area (Å²) in [6, 6.07) is 0. The molecule has 0 rings (SSSR count). The summed E-state index contributed by atoms with van der Waals surface area (Å²) in [5, 5.41) is -0.403. The Labute approximate surface area is 44.7 Å². The number of hydrogen-bond acceptors (Lipinski definition) is 3. The SMILES string of the molecule is NCC(P=O)P=O. The van der Waals surface area contributed by atoms with Gasteiger partial charge in [-0.1, -0.05) is 0 Å². The maximum Gasteiger partial charge on any atom is 0.172 e. The number of rotatable bonds is 3. The summed E-state index contributed by atoms with van der Waals surface area (Å²) in [7, 11) is -0.281. The third-order valence-corrected chi connectivity index (χ3v) is 1.93. The molecule has 0 saturated carbocycles. The molecule has 0 aliphatic carbocycles. The molecule has 0 radical (unpaired) electrons. The lowest BCUT2D eigenvalue weighted by molar-refractivity contribution is 0.588. The highest BCUT2D eigenvalue weighted by Gasteiger charge is 2.01. The molecule has 0 spiro atoms. The molecule has 0 bridgehead atoms. The van der Waals surface area contributed by atoms with Crippen LogP contribution in [-0.2, 0) is 9.13 Å². The van der Waals surface area contributed by atoms with Crippen LogP contribution < -0.4 is 5.73 Å². The monoisotopic (exact) mass is 137 g/mol. The van der Waals surface area contributed by atoms with Crippen LogP contribution in [0.5, 0.6) is 0 Å². The van der Waals surface area contributed by atoms with Gasteiger partial charge in [0.15, 0.2) is 16.9 Å². The second-order valence-corrected chi connectivity index (χ2v) is 3.00. The zero-order valence-electron chi connectivity index (χ0n) is 3.57. The Morgan fingerprint density at radius 3 is 1.86 bits per heavy atom. The number of nitrogens with two attached hydrogens (primary N) is 1. The molecule has 5 heteroatoms. The van der Waals surface area contributed by atoms with E-state index < -0.39 is 5.40 Å². The fraction of sp³-hybridized carbons (Fsp3) is 1.00. The van der Waals surface area contributed by atoms with Gasteiger partial charge in [0, 0.05) is 6.54 Å². The van der Waals surface area contributed by atoms with E-state index in [-0.39, 0.29) is 23.5 Å². The van der Waals surface area contributed by atoms with Crippen molar-refractivity contribution < 1.29 is 9.13 Å². The van der Waals surface area contributed by atoms with E-state index in [9.17, 15) is 9.13 Å². The quantitative estimate of drug-likeness (QED) is 0.586. The van der Waals surface area contributed by atoms with Crippen molar-refractivity contribution in [1.29, 1.82) is 0 Å². The van der Waals surface area contributed by atoms with Crippen LogP contribution in [0.3, 0.4) is 0 Å². The third-order valence-electron chi connectivity index (χ3n) is 0.454. The van der Waals surface area contributed by atoms with Crippen LogP contribution in [0, 0.1) is 0 Å². The average Bonchev–Trinajstić information content (AvgIpc) is 1.72. The fourth-order valence-electron chi connectivity index (χ4n) is 0.105. The highest BCUT2D eigenvalue weighted by Crippen LogP contribution is 2.15. The lowest BCUT2D eigenvalue weighted by Crippen LogP contribution is -2.06. The highest BCUT2D eigenvalue weighted by molar-refractivity contribution is 7.44. The Morgan fingerprint density at radius 2 is 1.86 bits per heavy atom. The van der Waals surface area contributed by atoms with Crippen LogP contribution in [0.15, 0.2) is 0 Å². The molecule has 0 atom stereocenters. The maximum atomic E-state index is 9.78. The third kappa shape index (κ3) is 2.81. The van der Waals surface area contributed by atoms with E-state index in [1.165, 1.54) is 0 Å². The standard InChI is InChI=1S/C2H5NO2P2/c3-1-2(6-4)7-5/h2H,1,3H2. The second kappa shape index (κ2) is 4.32. The summed E-state index contributed by atoms with van der Waals surface area (Å²) < 4.78 is 19.6. The van der Waals surface area contributed by atoms with E-state index >= 15 is 0 Å². The van der Waals surface area contributed by atoms with Crippen molar-refractivity contribution in [2.24, 2.45) is 5.73 Å². The maximum absolute atomic E-state index is 9.78. The molecular weight excluding hydrogens is 132 g/mol. The Balaban J connectivity index is 3.36. The summed E-state index contributed by atoms with van der Waals surface area (Å²) in [4.78, 5) is 0. The van der Waals surface area contributed by atoms with Gasteiger partial charge in [-0.25, -0.2) is 0 Å². The van der Waals surface area contributed by atoms with E-state index in [1.807, 2.05) is 0 Å². The number of hydrogen-bond donors (Lipinski definition) is 1. The lowest BCUT2D eigenvalue weighted by atomic mass is 10.8. The molecule has 0 saturated heterocycles. The van der Waals surface area contributed by atoms with Crippen molar-refractivity contribution in [3.63, 3.8) is 0 Å². The predicted molar refractivity (Wildman–Crippen MR) is 28.1 cm³/mol. The van der Waals surface area contributed by atoms with Crippen molar-refractivity contribution in [2.45, 2.75) is 5.40 Å². The highest BCUT2D eigenvalue weighted by atomic mass is 31.1. The summed E-state index contributed by atoms with van der Waals surface area (Å²) in [6.07, 6.45) is 0. The van der Waals surface area contributed by atoms with Crippen molar-refractivity contribution >= 4 is 16.9 Å². The molecule has 2 N–H and O–H groups in total. The summed E-state index contributed by atoms with van der Waals surface area (Å²) in [6.45, 7) is 0.204. The normalized spacial score (nSPS) is 15.0. The topological polar surface area (TPSA) is 60.2 Å². The van der Waals surface area contributed by atoms with Gasteiger partial charge in [0.05, 0.1) is 0 Å². The Hall–Kier alpha value is 0.160. The minimum atomic E-state index is -0.403. The first-order valence-corrected chi connectivity index (χ1v) is 3.46. The van der Waals surface area contributed by atoms with Crippen molar-refractivity contribution in [3.05, 3.63) is 0 Å². The predicted octanol–water partition coefficient (Wildman–Crippen LogP) is 0.855. The fourth-order valence-corrected chi connectivity index (χ4v) is 0.431. The molecule has 40 valence electrons. The van der Waals surface area contributed by atoms with Crippen molar-refractivity contribution in [1.82, 2.24) is 0 Å². The molecular formula is C2H5NO2P2. The molecule has 0 aromatic heterocycles. The molecule has 0 aromatic carbocycles. The molecule has 0 fully saturated rings. The summed E-state index contributed by atoms with van der Waals surface area (Å²) >= 11 is 0. The first-order chi connectivity index (χ1) is 3.35. The Morgan fingerprint density at radius 1 is 1.43 bits per heavy atom. The van der Waals surface area contributed by atoms with Crippen LogP contribution in [-0.4, -0.2) is 11.9 Å². The first-order valence-electron chi connectivity index (χ1n) is 1.70. The lowest BCUT2D eigenvalue weighted by Gasteiger charge is -1.86. The summed E-state index contributed by atoms with van der Waals surface area (Å²) in [5.74, 6) is 0. The van der Waals surface area contributed by atoms with Gasteiger partial charge in [-0.3, -0.25) is 9.13 Å². The van der Waals surface area contributed by atoms with Gasteiger partial charge < -0.3 is 5.73 Å². The van der Waals surface area contributed by atoms with E-state index in [4.69, 9.17) is 5.73 Å².